The summed E-state index contributed by atoms with van der Waals surface area (Å²) in [4.78, 5) is 24.1. The van der Waals surface area contributed by atoms with Gasteiger partial charge in [-0.05, 0) is 37.0 Å². The number of halogens is 3. The number of hydrogen-bond donors (Lipinski definition) is 3. The Morgan fingerprint density at radius 3 is 2.20 bits per heavy atom. The fourth-order valence-electron chi connectivity index (χ4n) is 1.88. The van der Waals surface area contributed by atoms with Crippen LogP contribution in [0.5, 0.6) is 0 Å². The van der Waals surface area contributed by atoms with E-state index in [9.17, 15) is 22.8 Å². The van der Waals surface area contributed by atoms with Crippen molar-refractivity contribution >= 4 is 17.7 Å². The molecule has 0 aromatic heterocycles. The maximum Gasteiger partial charge on any atom is 0.416 e. The molecular formula is C19H25F3N2O6. The number of ether oxygens (including phenoxy) is 1. The summed E-state index contributed by atoms with van der Waals surface area (Å²) in [6, 6.07) is 4.61. The van der Waals surface area contributed by atoms with Crippen LogP contribution in [0.3, 0.4) is 0 Å². The summed E-state index contributed by atoms with van der Waals surface area (Å²) in [6.45, 7) is 0.503. The molecule has 0 unspecified atom stereocenters. The second kappa shape index (κ2) is 15.0. The molecule has 0 aliphatic rings. The minimum Gasteiger partial charge on any atom is -0.478 e. The molecule has 0 spiro atoms. The predicted molar refractivity (Wildman–Crippen MR) is 103 cm³/mol. The van der Waals surface area contributed by atoms with E-state index in [1.165, 1.54) is 12.1 Å². The fourth-order valence-corrected chi connectivity index (χ4v) is 1.88. The molecule has 1 rings (SSSR count). The minimum atomic E-state index is -4.40. The van der Waals surface area contributed by atoms with Gasteiger partial charge in [-0.2, -0.15) is 13.2 Å². The number of rotatable bonds is 11. The summed E-state index contributed by atoms with van der Waals surface area (Å²) in [5.41, 5.74) is 5.54. The molecule has 0 saturated heterocycles. The van der Waals surface area contributed by atoms with Crippen LogP contribution in [0.15, 0.2) is 41.6 Å². The average Bonchev–Trinajstić information content (AvgIpc) is 2.70. The largest absolute Gasteiger partial charge is 0.478 e. The van der Waals surface area contributed by atoms with Crippen molar-refractivity contribution in [1.82, 2.24) is 0 Å². The van der Waals surface area contributed by atoms with Crippen molar-refractivity contribution in [2.75, 3.05) is 26.8 Å². The van der Waals surface area contributed by atoms with E-state index in [2.05, 4.69) is 9.89 Å². The van der Waals surface area contributed by atoms with Gasteiger partial charge in [-0.25, -0.2) is 9.59 Å². The molecule has 4 N–H and O–H groups in total. The molecule has 0 saturated carbocycles. The molecule has 30 heavy (non-hydrogen) atoms. The molecular weight excluding hydrogens is 409 g/mol. The first-order chi connectivity index (χ1) is 15.3. The number of methoxy groups -OCH3 is 1. The molecule has 0 aliphatic carbocycles. The van der Waals surface area contributed by atoms with E-state index in [1.807, 2.05) is 0 Å². The summed E-state index contributed by atoms with van der Waals surface area (Å²) in [5, 5.41) is 19.5. The highest BCUT2D eigenvalue weighted by Crippen LogP contribution is 2.29. The lowest BCUT2D eigenvalue weighted by Gasteiger charge is -2.10. The highest BCUT2D eigenvalue weighted by Gasteiger charge is 2.30. The monoisotopic (exact) mass is 437 g/mol. The molecule has 0 atom stereocenters. The van der Waals surface area contributed by atoms with Crippen LogP contribution >= 0.6 is 0 Å². The maximum absolute atomic E-state index is 12.6. The van der Waals surface area contributed by atoms with E-state index in [-0.39, 0.29) is 19.8 Å². The molecule has 0 fully saturated rings. The van der Waals surface area contributed by atoms with Crippen LogP contribution in [-0.2, 0) is 25.3 Å². The van der Waals surface area contributed by atoms with Crippen molar-refractivity contribution in [3.8, 4) is 0 Å². The van der Waals surface area contributed by atoms with E-state index in [0.717, 1.165) is 12.1 Å². The summed E-state index contributed by atoms with van der Waals surface area (Å²) >= 11 is 0. The van der Waals surface area contributed by atoms with Crippen LogP contribution in [0.2, 0.25) is 0 Å². The Labute approximate surface area is 176 Å². The molecule has 8 nitrogen and oxygen atoms in total. The average molecular weight is 437 g/mol. The highest BCUT2D eigenvalue weighted by molar-refractivity contribution is 6.00. The number of carbonyl (C=O) groups is 2. The van der Waals surface area contributed by atoms with Gasteiger partial charge in [0.05, 0.1) is 15.4 Å². The molecule has 0 aliphatic heterocycles. The maximum atomic E-state index is 12.6. The van der Waals surface area contributed by atoms with Crippen molar-refractivity contribution in [3.05, 3.63) is 47.5 Å². The SMILES string of the molecule is O=C(O)C=CC(=O)O.[2H]C([2H])([2H])OCCCCC(=NOCCN)c1ccc(C(F)(F)F)cc1. The number of alkyl halides is 3. The molecule has 0 amide bonds. The number of aliphatic carboxylic acids is 2. The van der Waals surface area contributed by atoms with Crippen molar-refractivity contribution in [2.24, 2.45) is 10.9 Å². The summed E-state index contributed by atoms with van der Waals surface area (Å²) in [5.74, 6) is -2.51. The second-order valence-electron chi connectivity index (χ2n) is 5.55. The zero-order chi connectivity index (χ0) is 25.5. The first-order valence-corrected chi connectivity index (χ1v) is 8.60. The van der Waals surface area contributed by atoms with Gasteiger partial charge < -0.3 is 25.5 Å². The van der Waals surface area contributed by atoms with Crippen LogP contribution in [0.4, 0.5) is 13.2 Å². The van der Waals surface area contributed by atoms with Crippen molar-refractivity contribution < 1.29 is 46.7 Å². The van der Waals surface area contributed by atoms with Crippen LogP contribution in [-0.4, -0.2) is 54.7 Å². The van der Waals surface area contributed by atoms with Gasteiger partial charge in [0.1, 0.15) is 6.61 Å². The summed E-state index contributed by atoms with van der Waals surface area (Å²) in [7, 11) is -2.44. The Morgan fingerprint density at radius 1 is 1.13 bits per heavy atom. The molecule has 168 valence electrons. The highest BCUT2D eigenvalue weighted by atomic mass is 19.4. The van der Waals surface area contributed by atoms with Crippen LogP contribution in [0, 0.1) is 0 Å². The van der Waals surface area contributed by atoms with Gasteiger partial charge in [-0.3, -0.25) is 0 Å². The van der Waals surface area contributed by atoms with E-state index in [4.69, 9.17) is 24.9 Å². The molecule has 0 heterocycles. The number of carboxylic acid groups (broad SMARTS) is 2. The third-order valence-corrected chi connectivity index (χ3v) is 3.21. The first-order valence-electron chi connectivity index (χ1n) is 10.1. The van der Waals surface area contributed by atoms with E-state index < -0.39 is 30.7 Å². The molecule has 0 radical (unpaired) electrons. The number of hydrogen-bond acceptors (Lipinski definition) is 6. The van der Waals surface area contributed by atoms with Gasteiger partial charge in [0.25, 0.3) is 0 Å². The van der Waals surface area contributed by atoms with E-state index >= 15 is 0 Å². The Morgan fingerprint density at radius 2 is 1.73 bits per heavy atom. The number of carboxylic acids is 2. The second-order valence-corrected chi connectivity index (χ2v) is 5.55. The van der Waals surface area contributed by atoms with Gasteiger partial charge in [0.2, 0.25) is 0 Å². The lowest BCUT2D eigenvalue weighted by molar-refractivity contribution is -0.137. The summed E-state index contributed by atoms with van der Waals surface area (Å²) in [6.07, 6.45) is -1.87. The Hall–Kier alpha value is -2.92. The van der Waals surface area contributed by atoms with Crippen LogP contribution < -0.4 is 5.73 Å². The Bertz CT molecular complexity index is 781. The predicted octanol–water partition coefficient (Wildman–Crippen LogP) is 2.91. The normalized spacial score (nSPS) is 13.6. The zero-order valence-corrected chi connectivity index (χ0v) is 15.9. The lowest BCUT2D eigenvalue weighted by Crippen LogP contribution is -2.09. The third kappa shape index (κ3) is 13.3. The number of nitrogens with zero attached hydrogens (tertiary/aromatic N) is 1. The van der Waals surface area contributed by atoms with E-state index in [0.29, 0.717) is 42.7 Å². The molecule has 0 bridgehead atoms. The van der Waals surface area contributed by atoms with Gasteiger partial charge >= 0.3 is 18.1 Å². The lowest BCUT2D eigenvalue weighted by atomic mass is 10.0. The van der Waals surface area contributed by atoms with Crippen molar-refractivity contribution in [2.45, 2.75) is 25.4 Å². The minimum absolute atomic E-state index is 0.0560. The number of unbranched alkanes of at least 4 members (excludes halogenated alkanes) is 1. The van der Waals surface area contributed by atoms with Crippen molar-refractivity contribution in [3.63, 3.8) is 0 Å². The summed E-state index contributed by atoms with van der Waals surface area (Å²) < 4.78 is 63.3. The third-order valence-electron chi connectivity index (χ3n) is 3.21. The van der Waals surface area contributed by atoms with Gasteiger partial charge in [-0.15, -0.1) is 0 Å². The smallest absolute Gasteiger partial charge is 0.416 e. The van der Waals surface area contributed by atoms with Crippen LogP contribution in [0.25, 0.3) is 0 Å². The van der Waals surface area contributed by atoms with Crippen molar-refractivity contribution in [1.29, 1.82) is 0 Å². The molecule has 11 heteroatoms. The molecule has 1 aromatic carbocycles. The van der Waals surface area contributed by atoms with Gasteiger partial charge in [-0.1, -0.05) is 17.3 Å². The Balaban J connectivity index is 0.00000109. The van der Waals surface area contributed by atoms with Gasteiger partial charge in [0, 0.05) is 32.3 Å². The fraction of sp³-hybridized carbons (Fsp3) is 0.421. The van der Waals surface area contributed by atoms with E-state index in [1.54, 1.807) is 0 Å². The zero-order valence-electron chi connectivity index (χ0n) is 18.9. The number of oxime groups is 1. The Kier molecular flexibility index (Phi) is 10.9. The molecule has 1 aromatic rings. The quantitative estimate of drug-likeness (QED) is 0.210. The van der Waals surface area contributed by atoms with Gasteiger partial charge in [0.15, 0.2) is 0 Å². The number of benzene rings is 1. The number of nitrogens with two attached hydrogens (primary N) is 1. The first kappa shape index (κ1) is 21.8. The van der Waals surface area contributed by atoms with Crippen LogP contribution in [0.1, 0.15) is 34.5 Å². The standard InChI is InChI=1S/C15H21F3N2O2.C4H4O4/c1-21-10-3-2-4-14(20-22-11-9-19)12-5-7-13(8-6-12)15(16,17)18;5-3(6)1-2-4(7)8/h5-8H,2-4,9-11,19H2,1H3;1-2H,(H,5,6)(H,7,8)/i1D3;. The topological polar surface area (TPSA) is 131 Å².